The molecule has 262 valence electrons. The number of para-hydroxylation sites is 1. The fourth-order valence-electron chi connectivity index (χ4n) is 9.75. The van der Waals surface area contributed by atoms with Crippen molar-refractivity contribution in [2.24, 2.45) is 0 Å². The van der Waals surface area contributed by atoms with Gasteiger partial charge in [0.15, 0.2) is 0 Å². The summed E-state index contributed by atoms with van der Waals surface area (Å²) < 4.78 is 0. The lowest BCUT2D eigenvalue weighted by atomic mass is 9.80. The first-order chi connectivity index (χ1) is 26.6. The maximum Gasteiger partial charge on any atom is 0.0543 e. The molecule has 8 aromatic carbocycles. The van der Waals surface area contributed by atoms with E-state index in [2.05, 4.69) is 189 Å². The summed E-state index contributed by atoms with van der Waals surface area (Å²) in [4.78, 5) is 2.54. The van der Waals surface area contributed by atoms with E-state index in [0.29, 0.717) is 5.92 Å². The first kappa shape index (κ1) is 32.7. The predicted molar refractivity (Wildman–Crippen MR) is 230 cm³/mol. The maximum atomic E-state index is 2.54. The molecular weight excluding hydrogens is 651 g/mol. The highest BCUT2D eigenvalue weighted by atomic mass is 15.1. The molecule has 0 amide bonds. The molecule has 0 radical (unpaired) electrons. The van der Waals surface area contributed by atoms with Gasteiger partial charge in [-0.25, -0.2) is 0 Å². The summed E-state index contributed by atoms with van der Waals surface area (Å²) in [7, 11) is 0. The van der Waals surface area contributed by atoms with Crippen LogP contribution in [-0.2, 0) is 5.41 Å². The second-order valence-corrected chi connectivity index (χ2v) is 15.9. The van der Waals surface area contributed by atoms with Gasteiger partial charge in [-0.1, -0.05) is 173 Å². The minimum Gasteiger partial charge on any atom is -0.309 e. The van der Waals surface area contributed by atoms with Gasteiger partial charge in [-0.3, -0.25) is 0 Å². The molecule has 0 atom stereocenters. The van der Waals surface area contributed by atoms with E-state index in [1.54, 1.807) is 0 Å². The molecule has 0 bridgehead atoms. The van der Waals surface area contributed by atoms with E-state index in [4.69, 9.17) is 0 Å². The smallest absolute Gasteiger partial charge is 0.0543 e. The Hall–Kier alpha value is -5.92. The predicted octanol–water partition coefficient (Wildman–Crippen LogP) is 15.2. The minimum atomic E-state index is -0.0996. The second-order valence-electron chi connectivity index (χ2n) is 15.9. The third kappa shape index (κ3) is 5.37. The van der Waals surface area contributed by atoms with Crippen molar-refractivity contribution in [2.45, 2.75) is 57.3 Å². The lowest BCUT2D eigenvalue weighted by molar-refractivity contribution is 0.445. The summed E-state index contributed by atoms with van der Waals surface area (Å²) in [5.41, 5.74) is 15.4. The van der Waals surface area contributed by atoms with E-state index in [9.17, 15) is 0 Å². The van der Waals surface area contributed by atoms with Gasteiger partial charge >= 0.3 is 0 Å². The molecule has 2 aliphatic carbocycles. The molecule has 1 nitrogen and oxygen atoms in total. The first-order valence-electron chi connectivity index (χ1n) is 19.8. The number of rotatable bonds is 6. The molecule has 10 rings (SSSR count). The van der Waals surface area contributed by atoms with E-state index in [1.165, 1.54) is 115 Å². The fourth-order valence-corrected chi connectivity index (χ4v) is 9.75. The largest absolute Gasteiger partial charge is 0.309 e. The van der Waals surface area contributed by atoms with Crippen LogP contribution in [0.2, 0.25) is 0 Å². The van der Waals surface area contributed by atoms with E-state index >= 15 is 0 Å². The van der Waals surface area contributed by atoms with Gasteiger partial charge in [-0.2, -0.15) is 0 Å². The average Bonchev–Trinajstić information content (AvgIpc) is 3.47. The van der Waals surface area contributed by atoms with Crippen molar-refractivity contribution in [3.05, 3.63) is 187 Å². The zero-order valence-electron chi connectivity index (χ0n) is 31.2. The summed E-state index contributed by atoms with van der Waals surface area (Å²) in [5.74, 6) is 0.602. The topological polar surface area (TPSA) is 3.24 Å². The Kier molecular flexibility index (Phi) is 7.99. The van der Waals surface area contributed by atoms with E-state index < -0.39 is 0 Å². The monoisotopic (exact) mass is 695 g/mol. The molecule has 0 unspecified atom stereocenters. The van der Waals surface area contributed by atoms with Gasteiger partial charge in [0.2, 0.25) is 0 Å². The SMILES string of the molecule is CC1(C)c2ccccc2-c2c(N(c3ccc(-c4ccc5ccccc5c4)cc3)c3ccccc3-c3cccc4cccc(C5CCCCC5)c34)cccc21. The lowest BCUT2D eigenvalue weighted by Gasteiger charge is -2.31. The Morgan fingerprint density at radius 3 is 1.91 bits per heavy atom. The first-order valence-corrected chi connectivity index (χ1v) is 19.8. The molecule has 54 heavy (non-hydrogen) atoms. The van der Waals surface area contributed by atoms with Crippen LogP contribution in [0.5, 0.6) is 0 Å². The molecule has 0 aromatic heterocycles. The Bertz CT molecular complexity index is 2670. The fraction of sp³-hybridized carbons (Fsp3) is 0.170. The molecule has 1 saturated carbocycles. The van der Waals surface area contributed by atoms with Crippen LogP contribution in [0.1, 0.15) is 68.6 Å². The molecule has 2 aliphatic rings. The van der Waals surface area contributed by atoms with Crippen molar-refractivity contribution in [2.75, 3.05) is 4.90 Å². The van der Waals surface area contributed by atoms with E-state index in [-0.39, 0.29) is 5.41 Å². The van der Waals surface area contributed by atoms with Crippen molar-refractivity contribution in [1.29, 1.82) is 0 Å². The van der Waals surface area contributed by atoms with Gasteiger partial charge < -0.3 is 4.90 Å². The van der Waals surface area contributed by atoms with Crippen molar-refractivity contribution >= 4 is 38.6 Å². The second kappa shape index (κ2) is 13.2. The van der Waals surface area contributed by atoms with Crippen molar-refractivity contribution in [3.8, 4) is 33.4 Å². The Morgan fingerprint density at radius 2 is 1.07 bits per heavy atom. The average molecular weight is 696 g/mol. The zero-order valence-corrected chi connectivity index (χ0v) is 31.2. The number of anilines is 3. The Labute approximate surface area is 319 Å². The quantitative estimate of drug-likeness (QED) is 0.167. The van der Waals surface area contributed by atoms with Crippen molar-refractivity contribution < 1.29 is 0 Å². The van der Waals surface area contributed by atoms with Gasteiger partial charge in [0.1, 0.15) is 0 Å². The normalized spacial score (nSPS) is 14.9. The summed E-state index contributed by atoms with van der Waals surface area (Å²) in [5, 5.41) is 5.27. The number of hydrogen-bond acceptors (Lipinski definition) is 1. The van der Waals surface area contributed by atoms with E-state index in [0.717, 1.165) is 5.69 Å². The van der Waals surface area contributed by atoms with Gasteiger partial charge in [-0.15, -0.1) is 0 Å². The van der Waals surface area contributed by atoms with Gasteiger partial charge in [0, 0.05) is 22.2 Å². The minimum absolute atomic E-state index is 0.0996. The van der Waals surface area contributed by atoms with Crippen LogP contribution >= 0.6 is 0 Å². The van der Waals surface area contributed by atoms with Crippen LogP contribution in [0.15, 0.2) is 170 Å². The highest BCUT2D eigenvalue weighted by Gasteiger charge is 2.38. The van der Waals surface area contributed by atoms with Crippen molar-refractivity contribution in [1.82, 2.24) is 0 Å². The van der Waals surface area contributed by atoms with Crippen LogP contribution in [0.25, 0.3) is 54.9 Å². The molecule has 0 spiro atoms. The molecule has 0 saturated heterocycles. The zero-order chi connectivity index (χ0) is 36.2. The Morgan fingerprint density at radius 1 is 0.463 bits per heavy atom. The van der Waals surface area contributed by atoms with Crippen LogP contribution in [0.4, 0.5) is 17.1 Å². The van der Waals surface area contributed by atoms with Crippen LogP contribution < -0.4 is 4.90 Å². The molecule has 0 N–H and O–H groups in total. The number of hydrogen-bond donors (Lipinski definition) is 0. The van der Waals surface area contributed by atoms with E-state index in [1.807, 2.05) is 0 Å². The number of benzene rings is 8. The third-order valence-corrected chi connectivity index (χ3v) is 12.5. The van der Waals surface area contributed by atoms with Gasteiger partial charge in [0.25, 0.3) is 0 Å². The summed E-state index contributed by atoms with van der Waals surface area (Å²) in [6.07, 6.45) is 6.54. The standard InChI is InChI=1S/C53H45N/c1-53(2)47-25-10-8-22-46(47)52-48(53)26-14-28-50(52)54(42-33-31-37(32-34-42)41-30-29-36-15-6-7-18-40(36)35-41)49-27-11-9-21-44(49)45-24-13-20-39-19-12-23-43(51(39)45)38-16-4-3-5-17-38/h6-15,18-35,38H,3-5,16-17H2,1-2H3. The Balaban J connectivity index is 1.20. The highest BCUT2D eigenvalue weighted by Crippen LogP contribution is 2.55. The molecule has 1 heteroatoms. The summed E-state index contributed by atoms with van der Waals surface area (Å²) in [6.45, 7) is 4.75. The van der Waals surface area contributed by atoms with Crippen LogP contribution in [-0.4, -0.2) is 0 Å². The molecule has 8 aromatic rings. The summed E-state index contributed by atoms with van der Waals surface area (Å²) >= 11 is 0. The summed E-state index contributed by atoms with van der Waals surface area (Å²) in [6, 6.07) is 63.6. The molecule has 0 heterocycles. The molecule has 1 fully saturated rings. The van der Waals surface area contributed by atoms with Crippen LogP contribution in [0.3, 0.4) is 0 Å². The number of fused-ring (bicyclic) bond motifs is 5. The lowest BCUT2D eigenvalue weighted by Crippen LogP contribution is -2.16. The molecule has 0 aliphatic heterocycles. The molecular formula is C53H45N. The van der Waals surface area contributed by atoms with Gasteiger partial charge in [0.05, 0.1) is 11.4 Å². The number of nitrogens with zero attached hydrogens (tertiary/aromatic N) is 1. The van der Waals surface area contributed by atoms with Crippen molar-refractivity contribution in [3.63, 3.8) is 0 Å². The van der Waals surface area contributed by atoms with Gasteiger partial charge in [-0.05, 0) is 110 Å². The third-order valence-electron chi connectivity index (χ3n) is 12.5. The van der Waals surface area contributed by atoms with Crippen LogP contribution in [0, 0.1) is 0 Å². The highest BCUT2D eigenvalue weighted by molar-refractivity contribution is 6.05. The maximum absolute atomic E-state index is 2.54.